The Hall–Kier alpha value is -1.06. The van der Waals surface area contributed by atoms with Crippen LogP contribution in [0.4, 0.5) is 0 Å². The zero-order valence-electron chi connectivity index (χ0n) is 13.1. The molecule has 4 heteroatoms. The van der Waals surface area contributed by atoms with E-state index >= 15 is 0 Å². The van der Waals surface area contributed by atoms with Gasteiger partial charge in [0.05, 0.1) is 0 Å². The molecule has 1 rings (SSSR count). The Bertz CT molecular complexity index is 435. The Labute approximate surface area is 133 Å². The van der Waals surface area contributed by atoms with Crippen LogP contribution in [0.1, 0.15) is 51.5 Å². The summed E-state index contributed by atoms with van der Waals surface area (Å²) in [6.45, 7) is 5.47. The molecular formula is C17H27ClN2O. The van der Waals surface area contributed by atoms with Gasteiger partial charge in [-0.05, 0) is 50.9 Å². The highest BCUT2D eigenvalue weighted by molar-refractivity contribution is 6.30. The number of carbonyl (C=O) groups excluding carboxylic acids is 1. The number of amides is 1. The molecule has 2 N–H and O–H groups in total. The molecule has 0 atom stereocenters. The smallest absolute Gasteiger partial charge is 0.223 e. The Morgan fingerprint density at radius 1 is 1.24 bits per heavy atom. The van der Waals surface area contributed by atoms with E-state index in [0.717, 1.165) is 37.8 Å². The second kappa shape index (κ2) is 9.80. The van der Waals surface area contributed by atoms with Gasteiger partial charge in [-0.1, -0.05) is 36.6 Å². The van der Waals surface area contributed by atoms with Crippen molar-refractivity contribution in [2.75, 3.05) is 6.54 Å². The Balaban J connectivity index is 2.50. The van der Waals surface area contributed by atoms with Crippen molar-refractivity contribution >= 4 is 17.5 Å². The lowest BCUT2D eigenvalue weighted by molar-refractivity contribution is -0.133. The first-order valence-electron chi connectivity index (χ1n) is 7.78. The van der Waals surface area contributed by atoms with E-state index in [1.165, 1.54) is 0 Å². The molecule has 0 bridgehead atoms. The fourth-order valence-electron chi connectivity index (χ4n) is 2.31. The minimum absolute atomic E-state index is 0.195. The van der Waals surface area contributed by atoms with Crippen molar-refractivity contribution in [1.82, 2.24) is 4.90 Å². The quantitative estimate of drug-likeness (QED) is 0.701. The molecule has 1 aromatic rings. The van der Waals surface area contributed by atoms with Crippen molar-refractivity contribution in [1.29, 1.82) is 0 Å². The van der Waals surface area contributed by atoms with Crippen LogP contribution >= 0.6 is 11.6 Å². The van der Waals surface area contributed by atoms with Gasteiger partial charge < -0.3 is 10.6 Å². The third kappa shape index (κ3) is 6.96. The molecule has 1 aromatic carbocycles. The molecular weight excluding hydrogens is 284 g/mol. The van der Waals surface area contributed by atoms with Gasteiger partial charge in [-0.3, -0.25) is 4.79 Å². The van der Waals surface area contributed by atoms with Crippen molar-refractivity contribution in [2.45, 2.75) is 58.5 Å². The van der Waals surface area contributed by atoms with E-state index < -0.39 is 0 Å². The first-order chi connectivity index (χ1) is 10.0. The minimum Gasteiger partial charge on any atom is -0.336 e. The van der Waals surface area contributed by atoms with Crippen molar-refractivity contribution in [2.24, 2.45) is 5.73 Å². The average Bonchev–Trinajstić information content (AvgIpc) is 2.44. The molecule has 0 spiro atoms. The zero-order chi connectivity index (χ0) is 15.7. The minimum atomic E-state index is 0.195. The second-order valence-corrected chi connectivity index (χ2v) is 6.13. The molecule has 0 radical (unpaired) electrons. The molecule has 0 aromatic heterocycles. The number of benzene rings is 1. The number of carbonyl (C=O) groups is 1. The normalized spacial score (nSPS) is 10.9. The van der Waals surface area contributed by atoms with Crippen molar-refractivity contribution < 1.29 is 4.79 Å². The summed E-state index contributed by atoms with van der Waals surface area (Å²) < 4.78 is 0. The van der Waals surface area contributed by atoms with Gasteiger partial charge in [0.1, 0.15) is 0 Å². The third-order valence-corrected chi connectivity index (χ3v) is 3.77. The van der Waals surface area contributed by atoms with Crippen LogP contribution in [0.25, 0.3) is 0 Å². The summed E-state index contributed by atoms with van der Waals surface area (Å²) >= 11 is 6.01. The van der Waals surface area contributed by atoms with Gasteiger partial charge in [0.15, 0.2) is 0 Å². The maximum absolute atomic E-state index is 12.4. The van der Waals surface area contributed by atoms with Gasteiger partial charge >= 0.3 is 0 Å². The molecule has 0 aliphatic rings. The first kappa shape index (κ1) is 18.0. The predicted molar refractivity (Wildman–Crippen MR) is 89.3 cm³/mol. The molecule has 0 aliphatic carbocycles. The number of halogens is 1. The summed E-state index contributed by atoms with van der Waals surface area (Å²) in [5.74, 6) is 0.220. The first-order valence-corrected chi connectivity index (χ1v) is 8.16. The molecule has 0 saturated heterocycles. The van der Waals surface area contributed by atoms with Crippen LogP contribution in [-0.2, 0) is 11.3 Å². The summed E-state index contributed by atoms with van der Waals surface area (Å²) in [6, 6.07) is 7.90. The molecule has 0 aliphatic heterocycles. The number of rotatable bonds is 9. The van der Waals surface area contributed by atoms with Crippen molar-refractivity contribution in [3.05, 3.63) is 34.9 Å². The highest BCUT2D eigenvalue weighted by atomic mass is 35.5. The number of nitrogens with two attached hydrogens (primary N) is 1. The fourth-order valence-corrected chi connectivity index (χ4v) is 2.52. The van der Waals surface area contributed by atoms with Crippen LogP contribution in [0.3, 0.4) is 0 Å². The highest BCUT2D eigenvalue weighted by Crippen LogP contribution is 2.16. The zero-order valence-corrected chi connectivity index (χ0v) is 13.9. The van der Waals surface area contributed by atoms with Crippen LogP contribution in [0.5, 0.6) is 0 Å². The maximum atomic E-state index is 12.4. The molecule has 3 nitrogen and oxygen atoms in total. The largest absolute Gasteiger partial charge is 0.336 e. The number of unbranched alkanes of at least 4 members (excludes halogenated alkanes) is 3. The predicted octanol–water partition coefficient (Wildman–Crippen LogP) is 3.99. The maximum Gasteiger partial charge on any atom is 0.223 e. The fraction of sp³-hybridized carbons (Fsp3) is 0.588. The van der Waals surface area contributed by atoms with Gasteiger partial charge in [0.25, 0.3) is 0 Å². The van der Waals surface area contributed by atoms with Crippen molar-refractivity contribution in [3.63, 3.8) is 0 Å². The standard InChI is InChI=1S/C17H27ClN2O/c1-14(2)20(13-15-8-7-9-16(18)12-15)17(21)10-5-3-4-6-11-19/h7-9,12,14H,3-6,10-11,13,19H2,1-2H3. The van der Waals surface area contributed by atoms with E-state index in [9.17, 15) is 4.79 Å². The molecule has 0 saturated carbocycles. The Morgan fingerprint density at radius 2 is 1.95 bits per heavy atom. The van der Waals surface area contributed by atoms with E-state index in [0.29, 0.717) is 18.0 Å². The van der Waals surface area contributed by atoms with Crippen LogP contribution < -0.4 is 5.73 Å². The average molecular weight is 311 g/mol. The number of hydrogen-bond donors (Lipinski definition) is 1. The Morgan fingerprint density at radius 3 is 2.57 bits per heavy atom. The molecule has 0 heterocycles. The van der Waals surface area contributed by atoms with Crippen LogP contribution in [0.2, 0.25) is 5.02 Å². The van der Waals surface area contributed by atoms with E-state index in [1.807, 2.05) is 29.2 Å². The summed E-state index contributed by atoms with van der Waals surface area (Å²) in [6.07, 6.45) is 4.79. The summed E-state index contributed by atoms with van der Waals surface area (Å²) in [4.78, 5) is 14.3. The lowest BCUT2D eigenvalue weighted by atomic mass is 10.1. The van der Waals surface area contributed by atoms with Crippen LogP contribution in [0.15, 0.2) is 24.3 Å². The molecule has 21 heavy (non-hydrogen) atoms. The molecule has 118 valence electrons. The lowest BCUT2D eigenvalue weighted by Gasteiger charge is -2.27. The topological polar surface area (TPSA) is 46.3 Å². The molecule has 0 fully saturated rings. The molecule has 0 unspecified atom stereocenters. The van der Waals surface area contributed by atoms with Crippen LogP contribution in [0, 0.1) is 0 Å². The summed E-state index contributed by atoms with van der Waals surface area (Å²) in [5, 5.41) is 0.713. The highest BCUT2D eigenvalue weighted by Gasteiger charge is 2.16. The van der Waals surface area contributed by atoms with Crippen molar-refractivity contribution in [3.8, 4) is 0 Å². The SMILES string of the molecule is CC(C)N(Cc1cccc(Cl)c1)C(=O)CCCCCCN. The summed E-state index contributed by atoms with van der Waals surface area (Å²) in [7, 11) is 0. The molecule has 1 amide bonds. The number of hydrogen-bond acceptors (Lipinski definition) is 2. The van der Waals surface area contributed by atoms with Gasteiger partial charge in [0.2, 0.25) is 5.91 Å². The monoisotopic (exact) mass is 310 g/mol. The second-order valence-electron chi connectivity index (χ2n) is 5.70. The van der Waals surface area contributed by atoms with E-state index in [2.05, 4.69) is 13.8 Å². The van der Waals surface area contributed by atoms with Gasteiger partial charge in [-0.15, -0.1) is 0 Å². The third-order valence-electron chi connectivity index (χ3n) is 3.53. The van der Waals surface area contributed by atoms with E-state index in [4.69, 9.17) is 17.3 Å². The van der Waals surface area contributed by atoms with E-state index in [-0.39, 0.29) is 11.9 Å². The van der Waals surface area contributed by atoms with Crippen LogP contribution in [-0.4, -0.2) is 23.4 Å². The van der Waals surface area contributed by atoms with Gasteiger partial charge in [0, 0.05) is 24.0 Å². The summed E-state index contributed by atoms with van der Waals surface area (Å²) in [5.41, 5.74) is 6.55. The van der Waals surface area contributed by atoms with E-state index in [1.54, 1.807) is 0 Å². The number of nitrogens with zero attached hydrogens (tertiary/aromatic N) is 1. The van der Waals surface area contributed by atoms with Gasteiger partial charge in [-0.25, -0.2) is 0 Å². The Kier molecular flexibility index (Phi) is 8.40. The van der Waals surface area contributed by atoms with Gasteiger partial charge in [-0.2, -0.15) is 0 Å². The lowest BCUT2D eigenvalue weighted by Crippen LogP contribution is -2.36.